The van der Waals surface area contributed by atoms with Gasteiger partial charge in [-0.05, 0) is 55.7 Å². The number of hydrogen-bond donors (Lipinski definition) is 0. The van der Waals surface area contributed by atoms with Gasteiger partial charge in [-0.25, -0.2) is 8.42 Å². The Morgan fingerprint density at radius 2 is 1.60 bits per heavy atom. The number of rotatable bonds is 7. The number of carbonyl (C=O) groups excluding carboxylic acids is 2. The number of hydrogen-bond acceptors (Lipinski definition) is 7. The maximum Gasteiger partial charge on any atom is 0.307 e. The van der Waals surface area contributed by atoms with Gasteiger partial charge in [-0.1, -0.05) is 6.07 Å². The molecule has 0 amide bonds. The summed E-state index contributed by atoms with van der Waals surface area (Å²) in [6.07, 6.45) is -0.351. The van der Waals surface area contributed by atoms with Gasteiger partial charge in [0.25, 0.3) is 0 Å². The highest BCUT2D eigenvalue weighted by molar-refractivity contribution is 7.91. The van der Waals surface area contributed by atoms with Crippen molar-refractivity contribution >= 4 is 21.6 Å². The standard InChI is InChI=1S/C22H24O7S/c1-14-10-16(3)18(11-15(14)2)19(23)13-29-22(24)6-9-30(25,26)17-4-5-20-21(12-17)28-8-7-27-20/h4-5,10-12H,6-9,13H2,1-3H3. The smallest absolute Gasteiger partial charge is 0.307 e. The fourth-order valence-corrected chi connectivity index (χ4v) is 4.34. The van der Waals surface area contributed by atoms with Crippen LogP contribution in [0.5, 0.6) is 11.5 Å². The highest BCUT2D eigenvalue weighted by atomic mass is 32.2. The molecule has 0 spiro atoms. The zero-order chi connectivity index (χ0) is 21.9. The summed E-state index contributed by atoms with van der Waals surface area (Å²) in [5.41, 5.74) is 3.35. The fraction of sp³-hybridized carbons (Fsp3) is 0.364. The highest BCUT2D eigenvalue weighted by Gasteiger charge is 2.21. The number of ether oxygens (including phenoxy) is 3. The lowest BCUT2D eigenvalue weighted by Crippen LogP contribution is -2.19. The molecule has 0 radical (unpaired) electrons. The molecule has 0 bridgehead atoms. The number of fused-ring (bicyclic) bond motifs is 1. The molecule has 0 atom stereocenters. The van der Waals surface area contributed by atoms with Crippen LogP contribution in [0, 0.1) is 20.8 Å². The molecule has 160 valence electrons. The van der Waals surface area contributed by atoms with Crippen molar-refractivity contribution in [2.45, 2.75) is 32.1 Å². The van der Waals surface area contributed by atoms with Crippen molar-refractivity contribution in [2.24, 2.45) is 0 Å². The zero-order valence-electron chi connectivity index (χ0n) is 17.2. The van der Waals surface area contributed by atoms with Crippen LogP contribution >= 0.6 is 0 Å². The molecule has 7 nitrogen and oxygen atoms in total. The van der Waals surface area contributed by atoms with E-state index in [4.69, 9.17) is 14.2 Å². The van der Waals surface area contributed by atoms with Gasteiger partial charge in [-0.3, -0.25) is 9.59 Å². The molecule has 1 aliphatic rings. The van der Waals surface area contributed by atoms with E-state index in [-0.39, 0.29) is 17.1 Å². The fourth-order valence-electron chi connectivity index (χ4n) is 3.11. The van der Waals surface area contributed by atoms with Gasteiger partial charge in [0.1, 0.15) is 13.2 Å². The minimum atomic E-state index is -3.72. The average Bonchev–Trinajstić information content (AvgIpc) is 2.72. The summed E-state index contributed by atoms with van der Waals surface area (Å²) < 4.78 is 40.8. The summed E-state index contributed by atoms with van der Waals surface area (Å²) in [4.78, 5) is 24.4. The monoisotopic (exact) mass is 432 g/mol. The topological polar surface area (TPSA) is 96.0 Å². The number of ketones is 1. The van der Waals surface area contributed by atoms with E-state index in [2.05, 4.69) is 0 Å². The molecule has 2 aromatic carbocycles. The Morgan fingerprint density at radius 3 is 2.33 bits per heavy atom. The maximum absolute atomic E-state index is 12.5. The van der Waals surface area contributed by atoms with Gasteiger partial charge in [0.2, 0.25) is 5.78 Å². The molecule has 1 aliphatic heterocycles. The first kappa shape index (κ1) is 21.8. The van der Waals surface area contributed by atoms with Crippen molar-refractivity contribution in [1.82, 2.24) is 0 Å². The number of benzene rings is 2. The first-order valence-electron chi connectivity index (χ1n) is 9.56. The van der Waals surface area contributed by atoms with Crippen LogP contribution in [0.25, 0.3) is 0 Å². The summed E-state index contributed by atoms with van der Waals surface area (Å²) in [6.45, 7) is 6.01. The second-order valence-corrected chi connectivity index (χ2v) is 9.32. The SMILES string of the molecule is Cc1cc(C)c(C(=O)COC(=O)CCS(=O)(=O)c2ccc3c(c2)OCCO3)cc1C. The van der Waals surface area contributed by atoms with Crippen LogP contribution < -0.4 is 9.47 Å². The molecule has 0 saturated carbocycles. The maximum atomic E-state index is 12.5. The van der Waals surface area contributed by atoms with Crippen LogP contribution in [0.2, 0.25) is 0 Å². The van der Waals surface area contributed by atoms with Gasteiger partial charge in [0.05, 0.1) is 17.1 Å². The van der Waals surface area contributed by atoms with E-state index in [1.165, 1.54) is 18.2 Å². The summed E-state index contributed by atoms with van der Waals surface area (Å²) in [7, 11) is -3.72. The van der Waals surface area contributed by atoms with Gasteiger partial charge >= 0.3 is 5.97 Å². The Hall–Kier alpha value is -2.87. The molecule has 30 heavy (non-hydrogen) atoms. The van der Waals surface area contributed by atoms with E-state index in [9.17, 15) is 18.0 Å². The number of sulfone groups is 1. The van der Waals surface area contributed by atoms with Crippen molar-refractivity contribution in [1.29, 1.82) is 0 Å². The van der Waals surface area contributed by atoms with Crippen LogP contribution in [-0.4, -0.2) is 45.7 Å². The Bertz CT molecular complexity index is 1090. The highest BCUT2D eigenvalue weighted by Crippen LogP contribution is 2.32. The van der Waals surface area contributed by atoms with Crippen molar-refractivity contribution in [3.05, 3.63) is 52.6 Å². The molecule has 8 heteroatoms. The molecule has 0 aliphatic carbocycles. The van der Waals surface area contributed by atoms with Crippen molar-refractivity contribution < 1.29 is 32.2 Å². The molecular weight excluding hydrogens is 408 g/mol. The van der Waals surface area contributed by atoms with E-state index >= 15 is 0 Å². The van der Waals surface area contributed by atoms with Crippen LogP contribution in [0.4, 0.5) is 0 Å². The van der Waals surface area contributed by atoms with Crippen molar-refractivity contribution in [3.8, 4) is 11.5 Å². The van der Waals surface area contributed by atoms with Crippen LogP contribution in [0.1, 0.15) is 33.5 Å². The Morgan fingerprint density at radius 1 is 0.933 bits per heavy atom. The van der Waals surface area contributed by atoms with Crippen molar-refractivity contribution in [3.63, 3.8) is 0 Å². The zero-order valence-corrected chi connectivity index (χ0v) is 18.0. The minimum Gasteiger partial charge on any atom is -0.486 e. The molecule has 0 saturated heterocycles. The molecular formula is C22H24O7S. The summed E-state index contributed by atoms with van der Waals surface area (Å²) in [6, 6.07) is 8.02. The molecule has 0 fully saturated rings. The number of esters is 1. The van der Waals surface area contributed by atoms with Crippen LogP contribution in [0.3, 0.4) is 0 Å². The van der Waals surface area contributed by atoms with Gasteiger partial charge < -0.3 is 14.2 Å². The second-order valence-electron chi connectivity index (χ2n) is 7.21. The largest absolute Gasteiger partial charge is 0.486 e. The quantitative estimate of drug-likeness (QED) is 0.490. The van der Waals surface area contributed by atoms with E-state index in [1.54, 1.807) is 6.07 Å². The number of carbonyl (C=O) groups is 2. The minimum absolute atomic E-state index is 0.0429. The van der Waals surface area contributed by atoms with Crippen LogP contribution in [0.15, 0.2) is 35.2 Å². The average molecular weight is 432 g/mol. The summed E-state index contributed by atoms with van der Waals surface area (Å²) >= 11 is 0. The summed E-state index contributed by atoms with van der Waals surface area (Å²) in [5, 5.41) is 0. The number of aryl methyl sites for hydroxylation is 3. The predicted octanol–water partition coefficient (Wildman–Crippen LogP) is 2.97. The van der Waals surface area contributed by atoms with Crippen LogP contribution in [-0.2, 0) is 19.4 Å². The lowest BCUT2D eigenvalue weighted by Gasteiger charge is -2.18. The van der Waals surface area contributed by atoms with Gasteiger partial charge in [0, 0.05) is 11.6 Å². The first-order chi connectivity index (χ1) is 14.2. The molecule has 1 heterocycles. The first-order valence-corrected chi connectivity index (χ1v) is 11.2. The molecule has 0 N–H and O–H groups in total. The number of Topliss-reactive ketones (excluding diaryl/α,β-unsaturated/α-hetero) is 1. The van der Waals surface area contributed by atoms with E-state index in [1.807, 2.05) is 26.8 Å². The third-order valence-electron chi connectivity index (χ3n) is 4.95. The van der Waals surface area contributed by atoms with E-state index < -0.39 is 28.2 Å². The Labute approximate surface area is 175 Å². The Balaban J connectivity index is 1.56. The predicted molar refractivity (Wildman–Crippen MR) is 110 cm³/mol. The van der Waals surface area contributed by atoms with E-state index in [0.717, 1.165) is 16.7 Å². The molecule has 0 unspecified atom stereocenters. The second kappa shape index (κ2) is 8.87. The normalized spacial score (nSPS) is 13.0. The lowest BCUT2D eigenvalue weighted by atomic mass is 9.98. The Kier molecular flexibility index (Phi) is 6.45. The lowest BCUT2D eigenvalue weighted by molar-refractivity contribution is -0.142. The third kappa shape index (κ3) is 4.99. The molecule has 2 aromatic rings. The molecule has 0 aromatic heterocycles. The molecule has 3 rings (SSSR count). The van der Waals surface area contributed by atoms with E-state index in [0.29, 0.717) is 30.3 Å². The van der Waals surface area contributed by atoms with Gasteiger partial charge in [-0.2, -0.15) is 0 Å². The third-order valence-corrected chi connectivity index (χ3v) is 6.67. The summed E-state index contributed by atoms with van der Waals surface area (Å²) in [5.74, 6) is -0.647. The van der Waals surface area contributed by atoms with Crippen molar-refractivity contribution in [2.75, 3.05) is 25.6 Å². The van der Waals surface area contributed by atoms with Gasteiger partial charge in [-0.15, -0.1) is 0 Å². The van der Waals surface area contributed by atoms with Gasteiger partial charge in [0.15, 0.2) is 27.9 Å².